The van der Waals surface area contributed by atoms with Crippen LogP contribution in [0, 0.1) is 0 Å². The third-order valence-corrected chi connectivity index (χ3v) is 3.04. The lowest BCUT2D eigenvalue weighted by Crippen LogP contribution is -2.30. The second-order valence-corrected chi connectivity index (χ2v) is 4.61. The third kappa shape index (κ3) is 3.96. The maximum absolute atomic E-state index is 12.5. The number of benzene rings is 1. The van der Waals surface area contributed by atoms with Crippen LogP contribution in [0.4, 0.5) is 18.9 Å². The molecule has 1 N–H and O–H groups in total. The van der Waals surface area contributed by atoms with Crippen LogP contribution in [-0.2, 0) is 11.0 Å². The summed E-state index contributed by atoms with van der Waals surface area (Å²) in [5.41, 5.74) is -0.578. The van der Waals surface area contributed by atoms with E-state index in [-0.39, 0.29) is 18.1 Å². The fraction of sp³-hybridized carbons (Fsp3) is 0.462. The van der Waals surface area contributed by atoms with Crippen molar-refractivity contribution in [2.24, 2.45) is 0 Å². The van der Waals surface area contributed by atoms with Crippen LogP contribution in [0.5, 0.6) is 0 Å². The van der Waals surface area contributed by atoms with Gasteiger partial charge in [-0.05, 0) is 44.1 Å². The maximum Gasteiger partial charge on any atom is 0.416 e. The van der Waals surface area contributed by atoms with Gasteiger partial charge in [0.25, 0.3) is 0 Å². The van der Waals surface area contributed by atoms with E-state index in [1.54, 1.807) is 0 Å². The molecular weight excluding hydrogens is 257 g/mol. The van der Waals surface area contributed by atoms with Crippen LogP contribution in [0.1, 0.15) is 18.4 Å². The number of nitrogens with zero attached hydrogens (tertiary/aromatic N) is 1. The third-order valence-electron chi connectivity index (χ3n) is 3.04. The Morgan fingerprint density at radius 2 is 1.95 bits per heavy atom. The van der Waals surface area contributed by atoms with Gasteiger partial charge in [0, 0.05) is 5.69 Å². The van der Waals surface area contributed by atoms with Gasteiger partial charge in [0.1, 0.15) is 0 Å². The quantitative estimate of drug-likeness (QED) is 0.917. The number of amides is 1. The molecule has 1 aromatic carbocycles. The van der Waals surface area contributed by atoms with E-state index < -0.39 is 11.7 Å². The Morgan fingerprint density at radius 3 is 2.58 bits per heavy atom. The molecule has 0 aromatic heterocycles. The minimum absolute atomic E-state index is 0.180. The van der Waals surface area contributed by atoms with Crippen LogP contribution in [0.25, 0.3) is 0 Å². The number of nitrogens with one attached hydrogen (secondary N) is 1. The fourth-order valence-electron chi connectivity index (χ4n) is 2.12. The number of carbonyl (C=O) groups is 1. The van der Waals surface area contributed by atoms with Gasteiger partial charge in [-0.1, -0.05) is 6.07 Å². The van der Waals surface area contributed by atoms with E-state index in [2.05, 4.69) is 5.32 Å². The monoisotopic (exact) mass is 272 g/mol. The van der Waals surface area contributed by atoms with Gasteiger partial charge in [0.05, 0.1) is 12.1 Å². The highest BCUT2D eigenvalue weighted by Crippen LogP contribution is 2.30. The molecule has 0 bridgehead atoms. The zero-order chi connectivity index (χ0) is 13.9. The summed E-state index contributed by atoms with van der Waals surface area (Å²) in [6.45, 7) is 1.97. The van der Waals surface area contributed by atoms with E-state index in [0.29, 0.717) is 0 Å². The molecule has 0 saturated carbocycles. The van der Waals surface area contributed by atoms with E-state index in [9.17, 15) is 18.0 Å². The molecule has 1 amide bonds. The highest BCUT2D eigenvalue weighted by Gasteiger charge is 2.30. The first kappa shape index (κ1) is 13.9. The lowest BCUT2D eigenvalue weighted by atomic mass is 10.2. The number of hydrogen-bond acceptors (Lipinski definition) is 2. The Balaban J connectivity index is 1.96. The van der Waals surface area contributed by atoms with Crippen molar-refractivity contribution in [2.45, 2.75) is 19.0 Å². The Morgan fingerprint density at radius 1 is 1.26 bits per heavy atom. The molecule has 1 fully saturated rings. The number of anilines is 1. The zero-order valence-corrected chi connectivity index (χ0v) is 10.3. The van der Waals surface area contributed by atoms with Gasteiger partial charge in [-0.25, -0.2) is 0 Å². The molecule has 0 spiro atoms. The minimum atomic E-state index is -4.39. The fourth-order valence-corrected chi connectivity index (χ4v) is 2.12. The van der Waals surface area contributed by atoms with Crippen LogP contribution in [-0.4, -0.2) is 30.4 Å². The number of halogens is 3. The van der Waals surface area contributed by atoms with Crippen molar-refractivity contribution in [3.8, 4) is 0 Å². The number of alkyl halides is 3. The number of rotatable bonds is 3. The molecule has 3 nitrogen and oxygen atoms in total. The predicted molar refractivity (Wildman–Crippen MR) is 65.7 cm³/mol. The summed E-state index contributed by atoms with van der Waals surface area (Å²) in [6, 6.07) is 4.67. The van der Waals surface area contributed by atoms with Crippen molar-refractivity contribution in [2.75, 3.05) is 25.0 Å². The summed E-state index contributed by atoms with van der Waals surface area (Å²) in [6.07, 6.45) is -2.26. The molecule has 1 saturated heterocycles. The van der Waals surface area contributed by atoms with E-state index in [1.165, 1.54) is 12.1 Å². The molecule has 104 valence electrons. The SMILES string of the molecule is O=C(CN1CCCC1)Nc1cccc(C(F)(F)F)c1. The molecule has 1 aliphatic heterocycles. The number of likely N-dealkylation sites (tertiary alicyclic amines) is 1. The van der Waals surface area contributed by atoms with Crippen LogP contribution in [0.2, 0.25) is 0 Å². The van der Waals surface area contributed by atoms with Crippen LogP contribution < -0.4 is 5.32 Å². The van der Waals surface area contributed by atoms with Gasteiger partial charge in [0.2, 0.25) is 5.91 Å². The van der Waals surface area contributed by atoms with Gasteiger partial charge < -0.3 is 5.32 Å². The van der Waals surface area contributed by atoms with Crippen LogP contribution in [0.3, 0.4) is 0 Å². The molecule has 1 aromatic rings. The first-order valence-corrected chi connectivity index (χ1v) is 6.14. The summed E-state index contributed by atoms with van der Waals surface area (Å²) < 4.78 is 37.5. The Bertz CT molecular complexity index is 453. The second-order valence-electron chi connectivity index (χ2n) is 4.61. The minimum Gasteiger partial charge on any atom is -0.325 e. The van der Waals surface area contributed by atoms with Gasteiger partial charge in [-0.2, -0.15) is 13.2 Å². The van der Waals surface area contributed by atoms with E-state index in [0.717, 1.165) is 38.1 Å². The summed E-state index contributed by atoms with van der Waals surface area (Å²) in [4.78, 5) is 13.7. The molecule has 2 rings (SSSR count). The Labute approximate surface area is 109 Å². The highest BCUT2D eigenvalue weighted by molar-refractivity contribution is 5.92. The van der Waals surface area contributed by atoms with Gasteiger partial charge in [0.15, 0.2) is 0 Å². The topological polar surface area (TPSA) is 32.3 Å². The standard InChI is InChI=1S/C13H15F3N2O/c14-13(15,16)10-4-3-5-11(8-10)17-12(19)9-18-6-1-2-7-18/h3-5,8H,1-2,6-7,9H2,(H,17,19). The van der Waals surface area contributed by atoms with E-state index in [4.69, 9.17) is 0 Å². The van der Waals surface area contributed by atoms with E-state index in [1.807, 2.05) is 4.90 Å². The Hall–Kier alpha value is -1.56. The molecule has 6 heteroatoms. The lowest BCUT2D eigenvalue weighted by molar-refractivity contribution is -0.137. The zero-order valence-electron chi connectivity index (χ0n) is 10.3. The first-order chi connectivity index (χ1) is 8.95. The maximum atomic E-state index is 12.5. The lowest BCUT2D eigenvalue weighted by Gasteiger charge is -2.14. The summed E-state index contributed by atoms with van der Waals surface area (Å²) >= 11 is 0. The molecule has 0 aliphatic carbocycles. The van der Waals surface area contributed by atoms with Crippen molar-refractivity contribution in [1.82, 2.24) is 4.90 Å². The molecular formula is C13H15F3N2O. The summed E-state index contributed by atoms with van der Waals surface area (Å²) in [5.74, 6) is -0.277. The average Bonchev–Trinajstić information content (AvgIpc) is 2.80. The van der Waals surface area contributed by atoms with Crippen molar-refractivity contribution < 1.29 is 18.0 Å². The highest BCUT2D eigenvalue weighted by atomic mass is 19.4. The molecule has 1 heterocycles. The number of hydrogen-bond donors (Lipinski definition) is 1. The van der Waals surface area contributed by atoms with Crippen molar-refractivity contribution in [3.63, 3.8) is 0 Å². The second kappa shape index (κ2) is 5.61. The van der Waals surface area contributed by atoms with Crippen LogP contribution >= 0.6 is 0 Å². The molecule has 0 radical (unpaired) electrons. The summed E-state index contributed by atoms with van der Waals surface area (Å²) in [5, 5.41) is 2.50. The number of carbonyl (C=O) groups excluding carboxylic acids is 1. The van der Waals surface area contributed by atoms with E-state index >= 15 is 0 Å². The van der Waals surface area contributed by atoms with Gasteiger partial charge in [-0.15, -0.1) is 0 Å². The molecule has 19 heavy (non-hydrogen) atoms. The normalized spacial score (nSPS) is 16.6. The molecule has 1 aliphatic rings. The van der Waals surface area contributed by atoms with Crippen molar-refractivity contribution in [3.05, 3.63) is 29.8 Å². The average molecular weight is 272 g/mol. The van der Waals surface area contributed by atoms with Gasteiger partial charge >= 0.3 is 6.18 Å². The smallest absolute Gasteiger partial charge is 0.325 e. The Kier molecular flexibility index (Phi) is 4.09. The first-order valence-electron chi connectivity index (χ1n) is 6.14. The molecule has 0 atom stereocenters. The van der Waals surface area contributed by atoms with Crippen molar-refractivity contribution in [1.29, 1.82) is 0 Å². The summed E-state index contributed by atoms with van der Waals surface area (Å²) in [7, 11) is 0. The molecule has 0 unspecified atom stereocenters. The van der Waals surface area contributed by atoms with Crippen LogP contribution in [0.15, 0.2) is 24.3 Å². The largest absolute Gasteiger partial charge is 0.416 e. The van der Waals surface area contributed by atoms with Gasteiger partial charge in [-0.3, -0.25) is 9.69 Å². The van der Waals surface area contributed by atoms with Crippen molar-refractivity contribution >= 4 is 11.6 Å². The predicted octanol–water partition coefficient (Wildman–Crippen LogP) is 2.74.